The standard InChI is InChI=1S/C23H34N6O3/c1-17(2)12-20(23-24-25-26-29(23)15-19-4-3-11-30-19)28-9-7-27(8-10-28)14-18-5-6-21-22(13-18)32-16-31-21/h5-6,13,17,19-20H,3-4,7-12,14-16H2,1-2H3/t19-,20-/m0/s1. The lowest BCUT2D eigenvalue weighted by atomic mass is 10.0. The Morgan fingerprint density at radius 2 is 1.94 bits per heavy atom. The third-order valence-corrected chi connectivity index (χ3v) is 6.64. The lowest BCUT2D eigenvalue weighted by molar-refractivity contribution is 0.0697. The van der Waals surface area contributed by atoms with Crippen LogP contribution in [0.1, 0.15) is 50.5 Å². The van der Waals surface area contributed by atoms with Crippen molar-refractivity contribution in [1.29, 1.82) is 0 Å². The second kappa shape index (κ2) is 9.72. The molecule has 3 aliphatic rings. The van der Waals surface area contributed by atoms with E-state index in [2.05, 4.69) is 51.3 Å². The fourth-order valence-corrected chi connectivity index (χ4v) is 4.96. The van der Waals surface area contributed by atoms with E-state index in [0.29, 0.717) is 12.7 Å². The molecule has 0 N–H and O–H groups in total. The van der Waals surface area contributed by atoms with Crippen LogP contribution in [0.3, 0.4) is 0 Å². The van der Waals surface area contributed by atoms with E-state index in [4.69, 9.17) is 14.2 Å². The van der Waals surface area contributed by atoms with Crippen molar-refractivity contribution in [3.8, 4) is 11.5 Å². The van der Waals surface area contributed by atoms with Crippen LogP contribution in [-0.4, -0.2) is 75.7 Å². The van der Waals surface area contributed by atoms with Crippen molar-refractivity contribution < 1.29 is 14.2 Å². The van der Waals surface area contributed by atoms with Gasteiger partial charge in [0.1, 0.15) is 0 Å². The lowest BCUT2D eigenvalue weighted by Gasteiger charge is -2.39. The summed E-state index contributed by atoms with van der Waals surface area (Å²) in [4.78, 5) is 5.07. The first kappa shape index (κ1) is 21.6. The molecule has 2 atom stereocenters. The highest BCUT2D eigenvalue weighted by Gasteiger charge is 2.31. The number of ether oxygens (including phenoxy) is 3. The number of tetrazole rings is 1. The van der Waals surface area contributed by atoms with Crippen molar-refractivity contribution in [3.63, 3.8) is 0 Å². The van der Waals surface area contributed by atoms with Gasteiger partial charge in [0, 0.05) is 39.3 Å². The third-order valence-electron chi connectivity index (χ3n) is 6.64. The molecule has 1 aromatic carbocycles. The molecule has 0 spiro atoms. The minimum Gasteiger partial charge on any atom is -0.454 e. The van der Waals surface area contributed by atoms with E-state index >= 15 is 0 Å². The van der Waals surface area contributed by atoms with Gasteiger partial charge in [0.15, 0.2) is 17.3 Å². The van der Waals surface area contributed by atoms with Gasteiger partial charge in [-0.1, -0.05) is 19.9 Å². The van der Waals surface area contributed by atoms with Gasteiger partial charge in [-0.15, -0.1) is 5.10 Å². The van der Waals surface area contributed by atoms with Crippen molar-refractivity contribution in [1.82, 2.24) is 30.0 Å². The molecule has 2 aromatic rings. The Bertz CT molecular complexity index is 890. The minimum absolute atomic E-state index is 0.232. The highest BCUT2D eigenvalue weighted by Crippen LogP contribution is 2.33. The van der Waals surface area contributed by atoms with Crippen LogP contribution in [0, 0.1) is 5.92 Å². The number of fused-ring (bicyclic) bond motifs is 1. The van der Waals surface area contributed by atoms with Gasteiger partial charge in [0.2, 0.25) is 6.79 Å². The van der Waals surface area contributed by atoms with Gasteiger partial charge in [-0.2, -0.15) is 0 Å². The fourth-order valence-electron chi connectivity index (χ4n) is 4.96. The third kappa shape index (κ3) is 4.89. The lowest BCUT2D eigenvalue weighted by Crippen LogP contribution is -2.48. The largest absolute Gasteiger partial charge is 0.454 e. The average molecular weight is 443 g/mol. The maximum Gasteiger partial charge on any atom is 0.231 e. The zero-order chi connectivity index (χ0) is 21.9. The van der Waals surface area contributed by atoms with Gasteiger partial charge in [-0.25, -0.2) is 4.68 Å². The average Bonchev–Trinajstić information content (AvgIpc) is 3.55. The predicted octanol–water partition coefficient (Wildman–Crippen LogP) is 2.49. The molecule has 2 saturated heterocycles. The molecule has 0 bridgehead atoms. The molecule has 0 saturated carbocycles. The zero-order valence-electron chi connectivity index (χ0n) is 19.2. The van der Waals surface area contributed by atoms with Crippen LogP contribution in [0.4, 0.5) is 0 Å². The van der Waals surface area contributed by atoms with Gasteiger partial charge in [0.05, 0.1) is 18.7 Å². The van der Waals surface area contributed by atoms with Gasteiger partial charge in [-0.3, -0.25) is 9.80 Å². The summed E-state index contributed by atoms with van der Waals surface area (Å²) in [6.07, 6.45) is 3.50. The normalized spacial score (nSPS) is 22.7. The number of benzene rings is 1. The molecule has 0 unspecified atom stereocenters. The Morgan fingerprint density at radius 3 is 2.72 bits per heavy atom. The summed E-state index contributed by atoms with van der Waals surface area (Å²) in [5.74, 6) is 3.25. The number of nitrogens with zero attached hydrogens (tertiary/aromatic N) is 6. The van der Waals surface area contributed by atoms with E-state index in [0.717, 1.165) is 82.5 Å². The summed E-state index contributed by atoms with van der Waals surface area (Å²) in [5, 5.41) is 12.8. The first-order valence-corrected chi connectivity index (χ1v) is 11.9. The molecule has 2 fully saturated rings. The van der Waals surface area contributed by atoms with Crippen LogP contribution in [0.25, 0.3) is 0 Å². The van der Waals surface area contributed by atoms with Crippen molar-refractivity contribution in [2.24, 2.45) is 5.92 Å². The second-order valence-electron chi connectivity index (χ2n) is 9.50. The summed E-state index contributed by atoms with van der Waals surface area (Å²) < 4.78 is 18.8. The van der Waals surface area contributed by atoms with E-state index in [1.807, 2.05) is 10.7 Å². The highest BCUT2D eigenvalue weighted by molar-refractivity contribution is 5.44. The molecule has 1 aromatic heterocycles. The summed E-state index contributed by atoms with van der Waals surface area (Å²) in [7, 11) is 0. The molecule has 174 valence electrons. The smallest absolute Gasteiger partial charge is 0.231 e. The molecule has 4 heterocycles. The quantitative estimate of drug-likeness (QED) is 0.617. The number of piperazine rings is 1. The van der Waals surface area contributed by atoms with Gasteiger partial charge in [0.25, 0.3) is 0 Å². The van der Waals surface area contributed by atoms with Crippen molar-refractivity contribution in [3.05, 3.63) is 29.6 Å². The van der Waals surface area contributed by atoms with Crippen LogP contribution in [0.5, 0.6) is 11.5 Å². The summed E-state index contributed by atoms with van der Waals surface area (Å²) >= 11 is 0. The molecular formula is C23H34N6O3. The highest BCUT2D eigenvalue weighted by atomic mass is 16.7. The van der Waals surface area contributed by atoms with E-state index in [-0.39, 0.29) is 12.1 Å². The van der Waals surface area contributed by atoms with E-state index in [1.165, 1.54) is 5.56 Å². The number of aromatic nitrogens is 4. The zero-order valence-corrected chi connectivity index (χ0v) is 19.2. The van der Waals surface area contributed by atoms with Gasteiger partial charge < -0.3 is 14.2 Å². The molecule has 0 amide bonds. The number of hydrogen-bond acceptors (Lipinski definition) is 8. The monoisotopic (exact) mass is 442 g/mol. The molecule has 32 heavy (non-hydrogen) atoms. The fraction of sp³-hybridized carbons (Fsp3) is 0.696. The summed E-state index contributed by atoms with van der Waals surface area (Å²) in [6, 6.07) is 6.50. The van der Waals surface area contributed by atoms with Crippen LogP contribution in [0.15, 0.2) is 18.2 Å². The van der Waals surface area contributed by atoms with E-state index in [9.17, 15) is 0 Å². The predicted molar refractivity (Wildman–Crippen MR) is 118 cm³/mol. The Hall–Kier alpha value is -2.23. The van der Waals surface area contributed by atoms with Crippen molar-refractivity contribution >= 4 is 0 Å². The van der Waals surface area contributed by atoms with Crippen molar-refractivity contribution in [2.45, 2.75) is 58.3 Å². The SMILES string of the molecule is CC(C)C[C@@H](c1nnnn1C[C@@H]1CCCO1)N1CCN(Cc2ccc3c(c2)OCO3)CC1. The number of hydrogen-bond donors (Lipinski definition) is 0. The van der Waals surface area contributed by atoms with Crippen LogP contribution < -0.4 is 9.47 Å². The summed E-state index contributed by atoms with van der Waals surface area (Å²) in [6.45, 7) is 11.5. The first-order chi connectivity index (χ1) is 15.7. The summed E-state index contributed by atoms with van der Waals surface area (Å²) in [5.41, 5.74) is 1.27. The number of rotatable bonds is 8. The van der Waals surface area contributed by atoms with Crippen LogP contribution in [-0.2, 0) is 17.8 Å². The maximum absolute atomic E-state index is 5.83. The molecule has 0 aliphatic carbocycles. The van der Waals surface area contributed by atoms with E-state index < -0.39 is 0 Å². The molecule has 3 aliphatic heterocycles. The Morgan fingerprint density at radius 1 is 1.09 bits per heavy atom. The molecule has 9 heteroatoms. The topological polar surface area (TPSA) is 77.8 Å². The van der Waals surface area contributed by atoms with Gasteiger partial charge in [-0.05, 0) is 53.3 Å². The molecule has 5 rings (SSSR count). The minimum atomic E-state index is 0.232. The molecular weight excluding hydrogens is 408 g/mol. The van der Waals surface area contributed by atoms with Crippen LogP contribution >= 0.6 is 0 Å². The van der Waals surface area contributed by atoms with E-state index in [1.54, 1.807) is 0 Å². The van der Waals surface area contributed by atoms with Crippen LogP contribution in [0.2, 0.25) is 0 Å². The maximum atomic E-state index is 5.83. The van der Waals surface area contributed by atoms with Gasteiger partial charge >= 0.3 is 0 Å². The molecule has 0 radical (unpaired) electrons. The Balaban J connectivity index is 1.22. The second-order valence-corrected chi connectivity index (χ2v) is 9.50. The first-order valence-electron chi connectivity index (χ1n) is 11.9. The molecule has 9 nitrogen and oxygen atoms in total. The van der Waals surface area contributed by atoms with Crippen molar-refractivity contribution in [2.75, 3.05) is 39.6 Å². The Labute approximate surface area is 189 Å². The Kier molecular flexibility index (Phi) is 6.56.